The first-order valence-corrected chi connectivity index (χ1v) is 30.8. The maximum atomic E-state index is 7.14. The maximum absolute atomic E-state index is 7.14. The SMILES string of the molecule is CC(C)(C)c1cc(-n2[c](=[Pt])n(-c3[c-]c(Oc4[c-]c5c(cc4)C4(c6ccccc6N5c5cc(C(C)(C)C)ccn5)c5ccc(-c6ccccc6)cc5N(c5ccccc5)c5cc(-c6ccccc6)ccc54)ccc3)c3ccccc32)cc(C(C)(C)C)c1. The Kier molecular flexibility index (Phi) is 13.3. The van der Waals surface area contributed by atoms with E-state index in [0.717, 1.165) is 105 Å². The fourth-order valence-corrected chi connectivity index (χ4v) is 13.9. The summed E-state index contributed by atoms with van der Waals surface area (Å²) in [5.74, 6) is 1.93. The van der Waals surface area contributed by atoms with Gasteiger partial charge >= 0.3 is 286 Å². The second-order valence-corrected chi connectivity index (χ2v) is 26.9. The van der Waals surface area contributed by atoms with Gasteiger partial charge in [-0.1, -0.05) is 142 Å². The Morgan fingerprint density at radius 1 is 0.395 bits per heavy atom. The summed E-state index contributed by atoms with van der Waals surface area (Å²) in [5.41, 5.74) is 21.0. The van der Waals surface area contributed by atoms with E-state index in [4.69, 9.17) is 9.72 Å². The third kappa shape index (κ3) is 9.29. The van der Waals surface area contributed by atoms with Crippen molar-refractivity contribution in [3.05, 3.63) is 298 Å². The van der Waals surface area contributed by atoms with Crippen LogP contribution in [-0.4, -0.2) is 14.1 Å². The van der Waals surface area contributed by atoms with Gasteiger partial charge in [0, 0.05) is 11.9 Å². The number of ether oxygens (including phenoxy) is 1. The van der Waals surface area contributed by atoms with E-state index in [-0.39, 0.29) is 16.2 Å². The molecule has 12 aromatic rings. The van der Waals surface area contributed by atoms with Crippen LogP contribution >= 0.6 is 0 Å². The van der Waals surface area contributed by atoms with Crippen molar-refractivity contribution >= 4 is 45.3 Å². The number of pyridine rings is 1. The second kappa shape index (κ2) is 20.9. The van der Waals surface area contributed by atoms with E-state index < -0.39 is 5.41 Å². The molecule has 1 spiro atoms. The van der Waals surface area contributed by atoms with Gasteiger partial charge in [-0.25, -0.2) is 0 Å². The molecule has 0 N–H and O–H groups in total. The quantitative estimate of drug-likeness (QED) is 0.142. The molecule has 0 bridgehead atoms. The number of fused-ring (bicyclic) bond motifs is 9. The van der Waals surface area contributed by atoms with Crippen LogP contribution in [-0.2, 0) is 41.0 Å². The summed E-state index contributed by atoms with van der Waals surface area (Å²) in [6.07, 6.45) is 1.95. The van der Waals surface area contributed by atoms with Crippen molar-refractivity contribution in [2.24, 2.45) is 0 Å². The summed E-state index contributed by atoms with van der Waals surface area (Å²) in [4.78, 5) is 10.0. The Morgan fingerprint density at radius 3 is 1.52 bits per heavy atom. The van der Waals surface area contributed by atoms with Gasteiger partial charge in [-0.2, -0.15) is 0 Å². The van der Waals surface area contributed by atoms with Crippen molar-refractivity contribution in [3.8, 4) is 45.1 Å². The predicted molar refractivity (Wildman–Crippen MR) is 350 cm³/mol. The number of benzene rings is 10. The summed E-state index contributed by atoms with van der Waals surface area (Å²) in [6, 6.07) is 93.8. The monoisotopic (exact) mass is 1300 g/mol. The third-order valence-electron chi connectivity index (χ3n) is 17.3. The van der Waals surface area contributed by atoms with Crippen LogP contribution in [0, 0.1) is 15.9 Å². The summed E-state index contributed by atoms with van der Waals surface area (Å²) < 4.78 is 12.8. The van der Waals surface area contributed by atoms with Crippen molar-refractivity contribution in [2.45, 2.75) is 84.0 Å². The molecule has 0 radical (unpaired) electrons. The molecule has 2 aliphatic heterocycles. The molecule has 0 aliphatic carbocycles. The Bertz CT molecular complexity index is 4530. The first kappa shape index (κ1) is 54.8. The molecule has 4 heterocycles. The van der Waals surface area contributed by atoms with Gasteiger partial charge in [0.2, 0.25) is 0 Å². The molecule has 7 heteroatoms. The van der Waals surface area contributed by atoms with Crippen LogP contribution in [0.3, 0.4) is 0 Å². The number of imidazole rings is 1. The molecule has 426 valence electrons. The van der Waals surface area contributed by atoms with Gasteiger partial charge in [0.1, 0.15) is 0 Å². The predicted octanol–water partition coefficient (Wildman–Crippen LogP) is 20.5. The van der Waals surface area contributed by atoms with E-state index in [1.165, 1.54) is 16.7 Å². The average Bonchev–Trinajstić information content (AvgIpc) is 0.802. The number of hydrogen-bond acceptors (Lipinski definition) is 4. The summed E-state index contributed by atoms with van der Waals surface area (Å²) in [5, 5.41) is 0. The number of aromatic nitrogens is 3. The van der Waals surface area contributed by atoms with Crippen molar-refractivity contribution in [2.75, 3.05) is 9.80 Å². The Labute approximate surface area is 516 Å². The summed E-state index contributed by atoms with van der Waals surface area (Å²) in [6.45, 7) is 20.5. The fourth-order valence-electron chi connectivity index (χ4n) is 12.8. The molecule has 2 aliphatic rings. The Morgan fingerprint density at radius 2 is 0.919 bits per heavy atom. The number of rotatable bonds is 8. The summed E-state index contributed by atoms with van der Waals surface area (Å²) in [7, 11) is 0. The first-order valence-electron chi connectivity index (χ1n) is 29.7. The Hall–Kier alpha value is -9.09. The molecule has 0 saturated carbocycles. The van der Waals surface area contributed by atoms with Crippen LogP contribution in [0.4, 0.5) is 34.3 Å². The molecule has 10 aromatic carbocycles. The molecule has 2 aromatic heterocycles. The number of hydrogen-bond donors (Lipinski definition) is 0. The molecular formula is C79H67N5OPt-2. The standard InChI is InChI=1S/C79H67N5O.Pt/c1-76(2,3)57-42-43-80-75(49-57)84-69-33-20-19-32-65(69)79(66-39-36-55(53-24-13-10-14-25-53)44-72(66)83(60-28-17-12-18-29-60)73-45-56(37-40-67(73)79)54-26-15-11-16-27-54)68-41-38-64(51-74(68)84)85-63-31-23-30-61(50-63)81-52-82(71-35-22-21-34-70(71)81)62-47-58(77(4,5)6)46-59(48-62)78(7,8)9;/h10-49H,1-9H3;/q-2;. The van der Waals surface area contributed by atoms with E-state index in [9.17, 15) is 0 Å². The van der Waals surface area contributed by atoms with Crippen LogP contribution in [0.1, 0.15) is 101 Å². The molecule has 0 atom stereocenters. The van der Waals surface area contributed by atoms with E-state index in [1.54, 1.807) is 0 Å². The molecule has 0 saturated heterocycles. The van der Waals surface area contributed by atoms with Gasteiger partial charge in [-0.3, -0.25) is 0 Å². The van der Waals surface area contributed by atoms with Crippen molar-refractivity contribution < 1.29 is 24.1 Å². The van der Waals surface area contributed by atoms with Crippen LogP contribution in [0.15, 0.2) is 243 Å². The number of nitrogens with zero attached hydrogens (tertiary/aromatic N) is 5. The molecule has 86 heavy (non-hydrogen) atoms. The van der Waals surface area contributed by atoms with Crippen molar-refractivity contribution in [1.29, 1.82) is 0 Å². The summed E-state index contributed by atoms with van der Waals surface area (Å²) >= 11 is 2.49. The van der Waals surface area contributed by atoms with Crippen LogP contribution in [0.5, 0.6) is 11.5 Å². The fraction of sp³-hybridized carbons (Fsp3) is 0.165. The molecule has 0 amide bonds. The normalized spacial score (nSPS) is 13.5. The molecule has 14 rings (SSSR count). The van der Waals surface area contributed by atoms with E-state index >= 15 is 0 Å². The topological polar surface area (TPSA) is 38.5 Å². The van der Waals surface area contributed by atoms with E-state index in [2.05, 4.69) is 343 Å². The minimum atomic E-state index is -0.868. The minimum absolute atomic E-state index is 0.0458. The van der Waals surface area contributed by atoms with Crippen LogP contribution in [0.25, 0.3) is 44.7 Å². The molecular weight excluding hydrogens is 1230 g/mol. The van der Waals surface area contributed by atoms with Gasteiger partial charge in [0.05, 0.1) is 11.4 Å². The van der Waals surface area contributed by atoms with Crippen molar-refractivity contribution in [1.82, 2.24) is 14.1 Å². The second-order valence-electron chi connectivity index (χ2n) is 25.9. The van der Waals surface area contributed by atoms with Crippen LogP contribution < -0.4 is 14.5 Å². The van der Waals surface area contributed by atoms with E-state index in [1.807, 2.05) is 12.3 Å². The Balaban J connectivity index is 0.989. The third-order valence-corrected chi connectivity index (χ3v) is 18.3. The van der Waals surface area contributed by atoms with Gasteiger partial charge in [0.15, 0.2) is 0 Å². The number of para-hydroxylation sites is 4. The zero-order valence-electron chi connectivity index (χ0n) is 50.1. The van der Waals surface area contributed by atoms with Crippen molar-refractivity contribution in [3.63, 3.8) is 0 Å². The van der Waals surface area contributed by atoms with Gasteiger partial charge in [-0.05, 0) is 63.6 Å². The van der Waals surface area contributed by atoms with Gasteiger partial charge in [0.25, 0.3) is 0 Å². The average molecular weight is 1300 g/mol. The molecule has 6 nitrogen and oxygen atoms in total. The van der Waals surface area contributed by atoms with Gasteiger partial charge in [-0.15, -0.1) is 0 Å². The van der Waals surface area contributed by atoms with Gasteiger partial charge < -0.3 is 4.90 Å². The zero-order chi connectivity index (χ0) is 59.3. The number of anilines is 6. The van der Waals surface area contributed by atoms with E-state index in [0.29, 0.717) is 11.5 Å². The zero-order valence-corrected chi connectivity index (χ0v) is 52.3. The first-order chi connectivity index (χ1) is 41.4. The molecule has 0 fully saturated rings. The van der Waals surface area contributed by atoms with Crippen LogP contribution in [0.2, 0.25) is 0 Å². The molecule has 0 unspecified atom stereocenters.